The zero-order valence-corrected chi connectivity index (χ0v) is 9.33. The molecule has 1 heterocycles. The Hall–Kier alpha value is -0.670. The summed E-state index contributed by atoms with van der Waals surface area (Å²) in [5, 5.41) is 0. The van der Waals surface area contributed by atoms with Gasteiger partial charge in [-0.2, -0.15) is 0 Å². The van der Waals surface area contributed by atoms with Gasteiger partial charge in [-0.15, -0.1) is 0 Å². The van der Waals surface area contributed by atoms with Crippen LogP contribution in [-0.4, -0.2) is 36.7 Å². The van der Waals surface area contributed by atoms with Crippen LogP contribution >= 0.6 is 11.9 Å². The molecule has 0 N–H and O–H groups in total. The molecule has 0 aromatic heterocycles. The van der Waals surface area contributed by atoms with Gasteiger partial charge in [0.15, 0.2) is 0 Å². The summed E-state index contributed by atoms with van der Waals surface area (Å²) in [7, 11) is 0. The highest BCUT2D eigenvalue weighted by molar-refractivity contribution is 7.96. The molecule has 1 aromatic rings. The lowest BCUT2D eigenvalue weighted by molar-refractivity contribution is 0.431. The maximum absolute atomic E-state index is 2.45. The summed E-state index contributed by atoms with van der Waals surface area (Å²) in [5.74, 6) is 0. The van der Waals surface area contributed by atoms with Crippen LogP contribution in [0.2, 0.25) is 0 Å². The van der Waals surface area contributed by atoms with Gasteiger partial charge in [-0.25, -0.2) is 4.31 Å². The van der Waals surface area contributed by atoms with Crippen molar-refractivity contribution in [3.63, 3.8) is 0 Å². The van der Waals surface area contributed by atoms with E-state index in [1.54, 1.807) is 0 Å². The highest BCUT2D eigenvalue weighted by Crippen LogP contribution is 2.17. The van der Waals surface area contributed by atoms with Crippen molar-refractivity contribution in [3.8, 4) is 0 Å². The number of hydrogen-bond donors (Lipinski definition) is 0. The molecule has 0 bridgehead atoms. The predicted molar refractivity (Wildman–Crippen MR) is 63.7 cm³/mol. The van der Waals surface area contributed by atoms with Crippen molar-refractivity contribution >= 4 is 17.6 Å². The molecule has 1 fully saturated rings. The largest absolute Gasteiger partial charge is 0.369 e. The van der Waals surface area contributed by atoms with Crippen molar-refractivity contribution in [1.29, 1.82) is 0 Å². The first kappa shape index (κ1) is 9.87. The summed E-state index contributed by atoms with van der Waals surface area (Å²) in [5.41, 5.74) is 1.35. The van der Waals surface area contributed by atoms with Crippen LogP contribution < -0.4 is 4.90 Å². The number of piperazine rings is 1. The molecule has 76 valence electrons. The number of benzene rings is 1. The Balaban J connectivity index is 1.96. The second kappa shape index (κ2) is 4.71. The van der Waals surface area contributed by atoms with E-state index in [-0.39, 0.29) is 0 Å². The highest BCUT2D eigenvalue weighted by atomic mass is 32.2. The molecule has 1 aromatic carbocycles. The minimum Gasteiger partial charge on any atom is -0.369 e. The summed E-state index contributed by atoms with van der Waals surface area (Å²) < 4.78 is 2.42. The lowest BCUT2D eigenvalue weighted by Gasteiger charge is -2.34. The zero-order valence-electron chi connectivity index (χ0n) is 8.52. The van der Waals surface area contributed by atoms with E-state index >= 15 is 0 Å². The maximum Gasteiger partial charge on any atom is 0.0367 e. The van der Waals surface area contributed by atoms with Crippen LogP contribution in [0.1, 0.15) is 0 Å². The van der Waals surface area contributed by atoms with Gasteiger partial charge < -0.3 is 4.90 Å². The number of rotatable bonds is 2. The van der Waals surface area contributed by atoms with Gasteiger partial charge >= 0.3 is 0 Å². The minimum absolute atomic E-state index is 1.14. The number of hydrogen-bond acceptors (Lipinski definition) is 3. The second-order valence-electron chi connectivity index (χ2n) is 3.43. The van der Waals surface area contributed by atoms with Gasteiger partial charge in [0.05, 0.1) is 0 Å². The third kappa shape index (κ3) is 2.22. The van der Waals surface area contributed by atoms with Crippen LogP contribution in [0.4, 0.5) is 5.69 Å². The molecule has 2 nitrogen and oxygen atoms in total. The standard InChI is InChI=1S/C11H16N2S/c1-14-13-9-7-12(8-10-13)11-5-3-2-4-6-11/h2-6H,7-10H2,1H3. The number of anilines is 1. The average Bonchev–Trinajstić information content (AvgIpc) is 2.30. The third-order valence-corrected chi connectivity index (χ3v) is 3.50. The fraction of sp³-hybridized carbons (Fsp3) is 0.455. The molecule has 14 heavy (non-hydrogen) atoms. The average molecular weight is 208 g/mol. The van der Waals surface area contributed by atoms with Crippen LogP contribution in [0, 0.1) is 0 Å². The number of para-hydroxylation sites is 1. The lowest BCUT2D eigenvalue weighted by Crippen LogP contribution is -2.43. The van der Waals surface area contributed by atoms with Crippen molar-refractivity contribution in [2.45, 2.75) is 0 Å². The Morgan fingerprint density at radius 1 is 1.00 bits per heavy atom. The van der Waals surface area contributed by atoms with Gasteiger partial charge in [-0.1, -0.05) is 30.1 Å². The molecule has 3 heteroatoms. The van der Waals surface area contributed by atoms with Gasteiger partial charge in [0.25, 0.3) is 0 Å². The Bertz CT molecular complexity index is 268. The Morgan fingerprint density at radius 2 is 1.64 bits per heavy atom. The van der Waals surface area contributed by atoms with Gasteiger partial charge in [0.2, 0.25) is 0 Å². The van der Waals surface area contributed by atoms with Crippen LogP contribution in [-0.2, 0) is 0 Å². The van der Waals surface area contributed by atoms with Crippen LogP contribution in [0.3, 0.4) is 0 Å². The molecule has 2 rings (SSSR count). The van der Waals surface area contributed by atoms with Crippen LogP contribution in [0.25, 0.3) is 0 Å². The Labute approximate surface area is 90.0 Å². The van der Waals surface area contributed by atoms with Crippen LogP contribution in [0.15, 0.2) is 30.3 Å². The Kier molecular flexibility index (Phi) is 3.32. The van der Waals surface area contributed by atoms with Gasteiger partial charge in [-0.05, 0) is 18.4 Å². The fourth-order valence-electron chi connectivity index (χ4n) is 1.77. The first-order valence-electron chi connectivity index (χ1n) is 4.99. The van der Waals surface area contributed by atoms with E-state index in [2.05, 4.69) is 45.8 Å². The summed E-state index contributed by atoms with van der Waals surface area (Å²) in [6.07, 6.45) is 2.15. The molecule has 0 amide bonds. The quantitative estimate of drug-likeness (QED) is 0.687. The van der Waals surface area contributed by atoms with Crippen molar-refractivity contribution < 1.29 is 0 Å². The van der Waals surface area contributed by atoms with Gasteiger partial charge in [0, 0.05) is 31.9 Å². The first-order chi connectivity index (χ1) is 6.90. The summed E-state index contributed by atoms with van der Waals surface area (Å²) in [6, 6.07) is 10.7. The van der Waals surface area contributed by atoms with Gasteiger partial charge in [-0.3, -0.25) is 0 Å². The molecule has 1 aliphatic rings. The fourth-order valence-corrected chi connectivity index (χ4v) is 2.30. The van der Waals surface area contributed by atoms with E-state index in [1.807, 2.05) is 11.9 Å². The maximum atomic E-state index is 2.45. The van der Waals surface area contributed by atoms with E-state index < -0.39 is 0 Å². The zero-order chi connectivity index (χ0) is 9.80. The molecule has 1 aliphatic heterocycles. The normalized spacial score (nSPS) is 18.5. The Morgan fingerprint density at radius 3 is 2.21 bits per heavy atom. The monoisotopic (exact) mass is 208 g/mol. The van der Waals surface area contributed by atoms with E-state index in [9.17, 15) is 0 Å². The topological polar surface area (TPSA) is 6.48 Å². The van der Waals surface area contributed by atoms with Crippen molar-refractivity contribution in [2.24, 2.45) is 0 Å². The van der Waals surface area contributed by atoms with Gasteiger partial charge in [0.1, 0.15) is 0 Å². The van der Waals surface area contributed by atoms with Crippen molar-refractivity contribution in [3.05, 3.63) is 30.3 Å². The summed E-state index contributed by atoms with van der Waals surface area (Å²) in [6.45, 7) is 4.61. The molecule has 0 aliphatic carbocycles. The lowest BCUT2D eigenvalue weighted by atomic mass is 10.2. The SMILES string of the molecule is CSN1CCN(c2ccccc2)CC1. The first-order valence-corrected chi connectivity index (χ1v) is 6.17. The van der Waals surface area contributed by atoms with Crippen molar-refractivity contribution in [1.82, 2.24) is 4.31 Å². The van der Waals surface area contributed by atoms with E-state index in [0.717, 1.165) is 26.2 Å². The van der Waals surface area contributed by atoms with E-state index in [1.165, 1.54) is 5.69 Å². The summed E-state index contributed by atoms with van der Waals surface area (Å²) >= 11 is 1.85. The molecule has 0 unspecified atom stereocenters. The van der Waals surface area contributed by atoms with Crippen LogP contribution in [0.5, 0.6) is 0 Å². The molecule has 0 spiro atoms. The third-order valence-electron chi connectivity index (χ3n) is 2.62. The minimum atomic E-state index is 1.14. The van der Waals surface area contributed by atoms with E-state index in [4.69, 9.17) is 0 Å². The van der Waals surface area contributed by atoms with E-state index in [0.29, 0.717) is 0 Å². The van der Waals surface area contributed by atoms with Crippen molar-refractivity contribution in [2.75, 3.05) is 37.3 Å². The second-order valence-corrected chi connectivity index (χ2v) is 4.32. The predicted octanol–water partition coefficient (Wildman–Crippen LogP) is 2.09. The molecule has 0 radical (unpaired) electrons. The summed E-state index contributed by atoms with van der Waals surface area (Å²) in [4.78, 5) is 2.45. The molecule has 0 saturated carbocycles. The smallest absolute Gasteiger partial charge is 0.0367 e. The molecular formula is C11H16N2S. The highest BCUT2D eigenvalue weighted by Gasteiger charge is 2.15. The molecule has 0 atom stereocenters. The molecule has 1 saturated heterocycles. The molecular weight excluding hydrogens is 192 g/mol. The number of nitrogens with zero attached hydrogens (tertiary/aromatic N) is 2.